The second-order valence-corrected chi connectivity index (χ2v) is 5.07. The Labute approximate surface area is 124 Å². The minimum absolute atomic E-state index is 0.270. The van der Waals surface area contributed by atoms with Crippen molar-refractivity contribution in [2.75, 3.05) is 17.7 Å². The van der Waals surface area contributed by atoms with E-state index in [1.54, 1.807) is 38.4 Å². The van der Waals surface area contributed by atoms with Crippen LogP contribution in [-0.2, 0) is 0 Å². The Morgan fingerprint density at radius 2 is 2.10 bits per heavy atom. The molecule has 2 N–H and O–H groups in total. The number of hydrogen-bond donors (Lipinski definition) is 2. The van der Waals surface area contributed by atoms with Gasteiger partial charge in [0.1, 0.15) is 11.5 Å². The van der Waals surface area contributed by atoms with Crippen LogP contribution in [0.4, 0.5) is 15.8 Å². The van der Waals surface area contributed by atoms with Crippen LogP contribution in [0.25, 0.3) is 0 Å². The second-order valence-electron chi connectivity index (χ2n) is 4.22. The third-order valence-electron chi connectivity index (χ3n) is 2.80. The molecule has 0 aliphatic rings. The highest BCUT2D eigenvalue weighted by molar-refractivity contribution is 9.10. The van der Waals surface area contributed by atoms with Gasteiger partial charge in [0.2, 0.25) is 0 Å². The molecular formula is C14H13BrFN3O. The highest BCUT2D eigenvalue weighted by atomic mass is 79.9. The molecule has 0 radical (unpaired) electrons. The Balaban J connectivity index is 2.20. The van der Waals surface area contributed by atoms with Gasteiger partial charge in [-0.15, -0.1) is 0 Å². The average molecular weight is 338 g/mol. The number of aryl methyl sites for hydroxylation is 1. The van der Waals surface area contributed by atoms with Crippen molar-refractivity contribution in [1.82, 2.24) is 4.98 Å². The third-order valence-corrected chi connectivity index (χ3v) is 3.41. The summed E-state index contributed by atoms with van der Waals surface area (Å²) < 4.78 is 13.9. The fraction of sp³-hybridized carbons (Fsp3) is 0.143. The van der Waals surface area contributed by atoms with Crippen molar-refractivity contribution in [2.45, 2.75) is 6.92 Å². The number of carbonyl (C=O) groups excluding carboxylic acids is 1. The Hall–Kier alpha value is -1.95. The van der Waals surface area contributed by atoms with Crippen LogP contribution < -0.4 is 10.6 Å². The van der Waals surface area contributed by atoms with E-state index in [2.05, 4.69) is 31.5 Å². The summed E-state index contributed by atoms with van der Waals surface area (Å²) in [5, 5.41) is 5.57. The molecule has 0 unspecified atom stereocenters. The summed E-state index contributed by atoms with van der Waals surface area (Å²) in [7, 11) is 1.77. The molecule has 1 aromatic heterocycles. The van der Waals surface area contributed by atoms with Gasteiger partial charge in [0.25, 0.3) is 5.91 Å². The van der Waals surface area contributed by atoms with E-state index < -0.39 is 5.82 Å². The molecule has 2 rings (SSSR count). The molecule has 1 aromatic carbocycles. The van der Waals surface area contributed by atoms with Crippen molar-refractivity contribution in [2.24, 2.45) is 0 Å². The molecule has 1 heterocycles. The molecule has 6 heteroatoms. The van der Waals surface area contributed by atoms with E-state index in [4.69, 9.17) is 0 Å². The van der Waals surface area contributed by atoms with Crippen molar-refractivity contribution in [3.05, 3.63) is 52.0 Å². The summed E-state index contributed by atoms with van der Waals surface area (Å²) >= 11 is 3.10. The van der Waals surface area contributed by atoms with E-state index in [1.165, 1.54) is 6.07 Å². The molecule has 20 heavy (non-hydrogen) atoms. The van der Waals surface area contributed by atoms with Crippen LogP contribution >= 0.6 is 15.9 Å². The van der Waals surface area contributed by atoms with Gasteiger partial charge in [-0.1, -0.05) is 0 Å². The molecule has 2 aromatic rings. The van der Waals surface area contributed by atoms with Gasteiger partial charge in [-0.05, 0) is 52.7 Å². The summed E-state index contributed by atoms with van der Waals surface area (Å²) in [6.45, 7) is 1.79. The molecule has 0 fully saturated rings. The Morgan fingerprint density at radius 3 is 2.70 bits per heavy atom. The summed E-state index contributed by atoms with van der Waals surface area (Å²) in [5.41, 5.74) is 2.27. The van der Waals surface area contributed by atoms with Crippen LogP contribution in [0, 0.1) is 12.7 Å². The molecule has 0 spiro atoms. The van der Waals surface area contributed by atoms with Crippen molar-refractivity contribution in [3.63, 3.8) is 0 Å². The van der Waals surface area contributed by atoms with Crippen molar-refractivity contribution < 1.29 is 9.18 Å². The van der Waals surface area contributed by atoms with Gasteiger partial charge < -0.3 is 10.6 Å². The van der Waals surface area contributed by atoms with Gasteiger partial charge in [0.05, 0.1) is 16.4 Å². The first-order valence-corrected chi connectivity index (χ1v) is 6.71. The number of rotatable bonds is 3. The first-order chi connectivity index (χ1) is 9.51. The Bertz CT molecular complexity index is 644. The topological polar surface area (TPSA) is 54.0 Å². The van der Waals surface area contributed by atoms with E-state index >= 15 is 0 Å². The average Bonchev–Trinajstić information content (AvgIpc) is 2.44. The van der Waals surface area contributed by atoms with Gasteiger partial charge >= 0.3 is 0 Å². The van der Waals surface area contributed by atoms with Gasteiger partial charge in [-0.25, -0.2) is 9.37 Å². The molecule has 1 amide bonds. The van der Waals surface area contributed by atoms with E-state index in [-0.39, 0.29) is 11.6 Å². The number of halogens is 2. The van der Waals surface area contributed by atoms with E-state index in [0.29, 0.717) is 10.2 Å². The second kappa shape index (κ2) is 6.00. The number of pyridine rings is 1. The number of carbonyl (C=O) groups is 1. The fourth-order valence-electron chi connectivity index (χ4n) is 1.64. The summed E-state index contributed by atoms with van der Waals surface area (Å²) in [5.74, 6) is -0.804. The number of hydrogen-bond acceptors (Lipinski definition) is 3. The molecule has 4 nitrogen and oxygen atoms in total. The molecule has 0 saturated heterocycles. The SMILES string of the molecule is CNc1ccc(C(=O)Nc2cc(F)c(Br)cc2C)nc1. The number of anilines is 2. The Morgan fingerprint density at radius 1 is 1.35 bits per heavy atom. The molecular weight excluding hydrogens is 325 g/mol. The standard InChI is InChI=1S/C14H13BrFN3O/c1-8-5-10(15)11(16)6-13(8)19-14(20)12-4-3-9(17-2)7-18-12/h3-7,17H,1-2H3,(H,19,20). The highest BCUT2D eigenvalue weighted by Crippen LogP contribution is 2.24. The van der Waals surface area contributed by atoms with Crippen LogP contribution in [0.2, 0.25) is 0 Å². The van der Waals surface area contributed by atoms with E-state index in [9.17, 15) is 9.18 Å². The monoisotopic (exact) mass is 337 g/mol. The lowest BCUT2D eigenvalue weighted by Gasteiger charge is -2.09. The van der Waals surface area contributed by atoms with Crippen LogP contribution in [0.1, 0.15) is 16.1 Å². The summed E-state index contributed by atoms with van der Waals surface area (Å²) in [6, 6.07) is 6.24. The first-order valence-electron chi connectivity index (χ1n) is 5.92. The van der Waals surface area contributed by atoms with Crippen LogP contribution in [0.5, 0.6) is 0 Å². The van der Waals surface area contributed by atoms with Gasteiger partial charge in [0.15, 0.2) is 0 Å². The van der Waals surface area contributed by atoms with E-state index in [0.717, 1.165) is 11.3 Å². The molecule has 0 saturated carbocycles. The molecule has 104 valence electrons. The number of nitrogens with one attached hydrogen (secondary N) is 2. The van der Waals surface area contributed by atoms with Crippen LogP contribution in [0.15, 0.2) is 34.9 Å². The highest BCUT2D eigenvalue weighted by Gasteiger charge is 2.11. The number of nitrogens with zero attached hydrogens (tertiary/aromatic N) is 1. The lowest BCUT2D eigenvalue weighted by Crippen LogP contribution is -2.14. The van der Waals surface area contributed by atoms with Crippen molar-refractivity contribution in [1.29, 1.82) is 0 Å². The van der Waals surface area contributed by atoms with Gasteiger partial charge in [-0.3, -0.25) is 4.79 Å². The molecule has 0 aliphatic carbocycles. The molecule has 0 aliphatic heterocycles. The maximum absolute atomic E-state index is 13.5. The molecule has 0 atom stereocenters. The normalized spacial score (nSPS) is 10.2. The molecule has 0 bridgehead atoms. The lowest BCUT2D eigenvalue weighted by atomic mass is 10.2. The third kappa shape index (κ3) is 3.14. The van der Waals surface area contributed by atoms with Crippen molar-refractivity contribution >= 4 is 33.2 Å². The number of aromatic nitrogens is 1. The summed E-state index contributed by atoms with van der Waals surface area (Å²) in [4.78, 5) is 16.1. The van der Waals surface area contributed by atoms with Gasteiger partial charge in [0, 0.05) is 12.7 Å². The van der Waals surface area contributed by atoms with E-state index in [1.807, 2.05) is 0 Å². The maximum Gasteiger partial charge on any atom is 0.274 e. The minimum Gasteiger partial charge on any atom is -0.387 e. The maximum atomic E-state index is 13.5. The lowest BCUT2D eigenvalue weighted by molar-refractivity contribution is 0.102. The summed E-state index contributed by atoms with van der Waals surface area (Å²) in [6.07, 6.45) is 1.56. The quantitative estimate of drug-likeness (QED) is 0.899. The zero-order valence-electron chi connectivity index (χ0n) is 11.0. The van der Waals surface area contributed by atoms with Crippen molar-refractivity contribution in [3.8, 4) is 0 Å². The number of benzene rings is 1. The fourth-order valence-corrected chi connectivity index (χ4v) is 2.10. The number of amides is 1. The predicted molar refractivity (Wildman–Crippen MR) is 80.6 cm³/mol. The first kappa shape index (κ1) is 14.5. The zero-order chi connectivity index (χ0) is 14.7. The van der Waals surface area contributed by atoms with Gasteiger partial charge in [-0.2, -0.15) is 0 Å². The van der Waals surface area contributed by atoms with Crippen LogP contribution in [0.3, 0.4) is 0 Å². The largest absolute Gasteiger partial charge is 0.387 e. The smallest absolute Gasteiger partial charge is 0.274 e. The van der Waals surface area contributed by atoms with Crippen LogP contribution in [-0.4, -0.2) is 17.9 Å². The minimum atomic E-state index is -0.426. The zero-order valence-corrected chi connectivity index (χ0v) is 12.6. The predicted octanol–water partition coefficient (Wildman–Crippen LogP) is 3.59. The Kier molecular flexibility index (Phi) is 4.34.